The Balaban J connectivity index is 1.66. The Hall–Kier alpha value is -2.54. The molecule has 7 heteroatoms. The van der Waals surface area contributed by atoms with E-state index in [4.69, 9.17) is 11.6 Å². The molecule has 0 aliphatic carbocycles. The number of hydrogen-bond acceptors (Lipinski definition) is 5. The van der Waals surface area contributed by atoms with Crippen molar-refractivity contribution >= 4 is 17.4 Å². The van der Waals surface area contributed by atoms with Gasteiger partial charge in [-0.25, -0.2) is 9.07 Å². The van der Waals surface area contributed by atoms with Crippen LogP contribution in [0.15, 0.2) is 53.7 Å². The van der Waals surface area contributed by atoms with Crippen LogP contribution in [0.5, 0.6) is 0 Å². The Morgan fingerprint density at radius 1 is 0.957 bits per heavy atom. The van der Waals surface area contributed by atoms with Crippen LogP contribution >= 0.6 is 11.8 Å². The highest BCUT2D eigenvalue weighted by atomic mass is 32.2. The smallest absolute Gasteiger partial charge is 0.210 e. The predicted octanol–water partition coefficient (Wildman–Crippen LogP) is 2.60. The van der Waals surface area contributed by atoms with Crippen molar-refractivity contribution in [2.45, 2.75) is 17.3 Å². The van der Waals surface area contributed by atoms with Gasteiger partial charge in [-0.3, -0.25) is 0 Å². The lowest BCUT2D eigenvalue weighted by atomic mass is 10.1. The van der Waals surface area contributed by atoms with Gasteiger partial charge in [-0.2, -0.15) is 0 Å². The summed E-state index contributed by atoms with van der Waals surface area (Å²) in [4.78, 5) is 0. The van der Waals surface area contributed by atoms with Crippen molar-refractivity contribution in [2.24, 2.45) is 0 Å². The summed E-state index contributed by atoms with van der Waals surface area (Å²) < 4.78 is 14.4. The van der Waals surface area contributed by atoms with Crippen LogP contribution in [0, 0.1) is 5.82 Å². The molecule has 23 heavy (non-hydrogen) atoms. The van der Waals surface area contributed by atoms with Crippen LogP contribution in [0.4, 0.5) is 10.1 Å². The third-order valence-corrected chi connectivity index (χ3v) is 4.37. The summed E-state index contributed by atoms with van der Waals surface area (Å²) in [5.41, 5.74) is 8.47. The maximum absolute atomic E-state index is 12.9. The van der Waals surface area contributed by atoms with Crippen molar-refractivity contribution in [3.05, 3.63) is 71.3 Å². The van der Waals surface area contributed by atoms with Gasteiger partial charge >= 0.3 is 0 Å². The van der Waals surface area contributed by atoms with E-state index in [1.54, 1.807) is 12.1 Å². The van der Waals surface area contributed by atoms with Gasteiger partial charge in [0.1, 0.15) is 5.82 Å². The molecule has 0 bridgehead atoms. The van der Waals surface area contributed by atoms with E-state index in [2.05, 4.69) is 10.2 Å². The number of thioether (sulfide) groups is 1. The SMILES string of the molecule is Nc1ccc(CSc2nnc(Cc3ccc(F)cc3)n2N)cc1. The largest absolute Gasteiger partial charge is 0.399 e. The van der Waals surface area contributed by atoms with Gasteiger partial charge in [-0.05, 0) is 35.4 Å². The summed E-state index contributed by atoms with van der Waals surface area (Å²) in [6.45, 7) is 0. The molecule has 1 heterocycles. The number of benzene rings is 2. The molecule has 0 spiro atoms. The van der Waals surface area contributed by atoms with Crippen LogP contribution in [-0.2, 0) is 12.2 Å². The number of aromatic nitrogens is 3. The van der Waals surface area contributed by atoms with E-state index in [1.807, 2.05) is 24.3 Å². The summed E-state index contributed by atoms with van der Waals surface area (Å²) in [6.07, 6.45) is 0.506. The fourth-order valence-corrected chi connectivity index (χ4v) is 2.90. The molecule has 4 N–H and O–H groups in total. The second-order valence-electron chi connectivity index (χ2n) is 5.10. The molecule has 5 nitrogen and oxygen atoms in total. The summed E-state index contributed by atoms with van der Waals surface area (Å²) in [5, 5.41) is 8.87. The van der Waals surface area contributed by atoms with Crippen molar-refractivity contribution in [3.63, 3.8) is 0 Å². The number of hydrogen-bond donors (Lipinski definition) is 2. The zero-order valence-corrected chi connectivity index (χ0v) is 13.1. The molecule has 0 aliphatic rings. The monoisotopic (exact) mass is 329 g/mol. The first-order valence-corrected chi connectivity index (χ1v) is 8.01. The van der Waals surface area contributed by atoms with Crippen molar-refractivity contribution < 1.29 is 4.39 Å². The second kappa shape index (κ2) is 6.70. The third kappa shape index (κ3) is 3.81. The van der Waals surface area contributed by atoms with Crippen LogP contribution in [0.2, 0.25) is 0 Å². The van der Waals surface area contributed by atoms with Gasteiger partial charge in [0.15, 0.2) is 5.82 Å². The molecular formula is C16H16FN5S. The molecule has 3 aromatic rings. The van der Waals surface area contributed by atoms with E-state index in [9.17, 15) is 4.39 Å². The molecule has 0 unspecified atom stereocenters. The number of nitrogen functional groups attached to an aromatic ring is 2. The number of rotatable bonds is 5. The topological polar surface area (TPSA) is 82.8 Å². The Labute approximate surface area is 137 Å². The molecule has 0 atom stereocenters. The summed E-state index contributed by atoms with van der Waals surface area (Å²) in [5.74, 6) is 7.15. The molecule has 0 amide bonds. The van der Waals surface area contributed by atoms with Gasteiger partial charge < -0.3 is 11.6 Å². The van der Waals surface area contributed by atoms with E-state index < -0.39 is 0 Å². The van der Waals surface area contributed by atoms with Gasteiger partial charge in [0.25, 0.3) is 0 Å². The average molecular weight is 329 g/mol. The van der Waals surface area contributed by atoms with Crippen LogP contribution < -0.4 is 11.6 Å². The van der Waals surface area contributed by atoms with Gasteiger partial charge in [0.05, 0.1) is 0 Å². The lowest BCUT2D eigenvalue weighted by Gasteiger charge is -2.04. The molecule has 0 saturated carbocycles. The Morgan fingerprint density at radius 2 is 1.61 bits per heavy atom. The van der Waals surface area contributed by atoms with Crippen LogP contribution in [0.1, 0.15) is 17.0 Å². The van der Waals surface area contributed by atoms with E-state index in [-0.39, 0.29) is 5.82 Å². The number of anilines is 1. The lowest BCUT2D eigenvalue weighted by molar-refractivity contribution is 0.627. The third-order valence-electron chi connectivity index (χ3n) is 3.36. The van der Waals surface area contributed by atoms with Gasteiger partial charge in [-0.1, -0.05) is 36.0 Å². The molecule has 118 valence electrons. The van der Waals surface area contributed by atoms with E-state index >= 15 is 0 Å². The van der Waals surface area contributed by atoms with E-state index in [0.717, 1.165) is 22.6 Å². The standard InChI is InChI=1S/C16H16FN5S/c17-13-5-1-11(2-6-13)9-15-20-21-16(22(15)19)23-10-12-3-7-14(18)8-4-12/h1-8H,9-10,18-19H2. The maximum Gasteiger partial charge on any atom is 0.210 e. The first kappa shape index (κ1) is 15.4. The fraction of sp³-hybridized carbons (Fsp3) is 0.125. The molecule has 3 rings (SSSR count). The van der Waals surface area contributed by atoms with Gasteiger partial charge in [0, 0.05) is 17.9 Å². The highest BCUT2D eigenvalue weighted by Crippen LogP contribution is 2.21. The first-order chi connectivity index (χ1) is 11.1. The summed E-state index contributed by atoms with van der Waals surface area (Å²) in [6, 6.07) is 13.9. The Morgan fingerprint density at radius 3 is 2.30 bits per heavy atom. The van der Waals surface area contributed by atoms with Crippen molar-refractivity contribution in [1.82, 2.24) is 14.9 Å². The molecule has 2 aromatic carbocycles. The van der Waals surface area contributed by atoms with Crippen LogP contribution in [-0.4, -0.2) is 14.9 Å². The molecule has 0 radical (unpaired) electrons. The Bertz CT molecular complexity index is 783. The van der Waals surface area contributed by atoms with E-state index in [1.165, 1.54) is 28.6 Å². The molecule has 0 fully saturated rings. The highest BCUT2D eigenvalue weighted by molar-refractivity contribution is 7.98. The minimum Gasteiger partial charge on any atom is -0.399 e. The quantitative estimate of drug-likeness (QED) is 0.427. The summed E-state index contributed by atoms with van der Waals surface area (Å²) >= 11 is 1.50. The molecular weight excluding hydrogens is 313 g/mol. The zero-order valence-electron chi connectivity index (χ0n) is 12.3. The number of nitrogens with zero attached hydrogens (tertiary/aromatic N) is 3. The molecule has 0 saturated heterocycles. The predicted molar refractivity (Wildman–Crippen MR) is 89.8 cm³/mol. The lowest BCUT2D eigenvalue weighted by Crippen LogP contribution is -2.14. The first-order valence-electron chi connectivity index (χ1n) is 7.03. The molecule has 1 aromatic heterocycles. The molecule has 0 aliphatic heterocycles. The second-order valence-corrected chi connectivity index (χ2v) is 6.04. The zero-order chi connectivity index (χ0) is 16.2. The Kier molecular flexibility index (Phi) is 4.47. The van der Waals surface area contributed by atoms with Crippen molar-refractivity contribution in [1.29, 1.82) is 0 Å². The maximum atomic E-state index is 12.9. The van der Waals surface area contributed by atoms with Crippen molar-refractivity contribution in [2.75, 3.05) is 11.6 Å². The van der Waals surface area contributed by atoms with Gasteiger partial charge in [0.2, 0.25) is 5.16 Å². The minimum atomic E-state index is -0.261. The van der Waals surface area contributed by atoms with E-state index in [0.29, 0.717) is 17.4 Å². The minimum absolute atomic E-state index is 0.261. The van der Waals surface area contributed by atoms with Gasteiger partial charge in [-0.15, -0.1) is 10.2 Å². The van der Waals surface area contributed by atoms with Crippen molar-refractivity contribution in [3.8, 4) is 0 Å². The average Bonchev–Trinajstić information content (AvgIpc) is 2.90. The normalized spacial score (nSPS) is 10.8. The number of nitrogens with two attached hydrogens (primary N) is 2. The highest BCUT2D eigenvalue weighted by Gasteiger charge is 2.11. The van der Waals surface area contributed by atoms with Crippen LogP contribution in [0.3, 0.4) is 0 Å². The fourth-order valence-electron chi connectivity index (χ4n) is 2.07. The van der Waals surface area contributed by atoms with Crippen LogP contribution in [0.25, 0.3) is 0 Å². The summed E-state index contributed by atoms with van der Waals surface area (Å²) in [7, 11) is 0. The number of halogens is 1.